The first-order chi connectivity index (χ1) is 14.8. The average Bonchev–Trinajstić information content (AvgIpc) is 2.80. The van der Waals surface area contributed by atoms with Crippen molar-refractivity contribution in [2.45, 2.75) is 0 Å². The molecule has 2 aromatic carbocycles. The van der Waals surface area contributed by atoms with Gasteiger partial charge in [-0.1, -0.05) is 18.2 Å². The Morgan fingerprint density at radius 2 is 1.40 bits per heavy atom. The first-order valence-corrected chi connectivity index (χ1v) is 9.91. The summed E-state index contributed by atoms with van der Waals surface area (Å²) in [5.41, 5.74) is 1.71. The summed E-state index contributed by atoms with van der Waals surface area (Å²) >= 11 is 0. The number of nitrogens with zero attached hydrogens (tertiary/aromatic N) is 4. The van der Waals surface area contributed by atoms with E-state index in [0.29, 0.717) is 50.0 Å². The van der Waals surface area contributed by atoms with Gasteiger partial charge in [0.2, 0.25) is 17.8 Å². The summed E-state index contributed by atoms with van der Waals surface area (Å²) in [4.78, 5) is 15.9. The van der Waals surface area contributed by atoms with Crippen molar-refractivity contribution in [3.05, 3.63) is 48.5 Å². The molecule has 1 saturated heterocycles. The van der Waals surface area contributed by atoms with Gasteiger partial charge in [-0.3, -0.25) is 0 Å². The summed E-state index contributed by atoms with van der Waals surface area (Å²) in [7, 11) is 0. The molecule has 3 aromatic rings. The number of nitrogens with one attached hydrogen (secondary N) is 2. The van der Waals surface area contributed by atoms with Crippen molar-refractivity contribution in [1.29, 1.82) is 0 Å². The minimum absolute atomic E-state index is 0.446. The minimum Gasteiger partial charge on any atom is -0.486 e. The predicted molar refractivity (Wildman–Crippen MR) is 113 cm³/mol. The molecule has 3 heterocycles. The van der Waals surface area contributed by atoms with Crippen LogP contribution in [0.1, 0.15) is 0 Å². The molecule has 2 aliphatic rings. The molecule has 2 N–H and O–H groups in total. The van der Waals surface area contributed by atoms with Crippen molar-refractivity contribution in [2.75, 3.05) is 55.1 Å². The lowest BCUT2D eigenvalue weighted by atomic mass is 10.2. The molecule has 1 fully saturated rings. The minimum atomic E-state index is 0.446. The molecule has 1 aromatic heterocycles. The number of hydrogen-bond donors (Lipinski definition) is 2. The fraction of sp³-hybridized carbons (Fsp3) is 0.286. The van der Waals surface area contributed by atoms with Gasteiger partial charge in [-0.15, -0.1) is 0 Å². The van der Waals surface area contributed by atoms with Gasteiger partial charge in [-0.25, -0.2) is 0 Å². The monoisotopic (exact) mass is 406 g/mol. The summed E-state index contributed by atoms with van der Waals surface area (Å²) in [6, 6.07) is 15.5. The van der Waals surface area contributed by atoms with E-state index in [1.807, 2.05) is 48.5 Å². The van der Waals surface area contributed by atoms with E-state index in [9.17, 15) is 0 Å². The second kappa shape index (κ2) is 8.42. The molecular formula is C21H22N6O3. The molecule has 0 atom stereocenters. The molecule has 2 aliphatic heterocycles. The van der Waals surface area contributed by atoms with Crippen molar-refractivity contribution in [1.82, 2.24) is 15.0 Å². The fourth-order valence-electron chi connectivity index (χ4n) is 3.28. The molecule has 0 unspecified atom stereocenters. The summed E-state index contributed by atoms with van der Waals surface area (Å²) in [6.07, 6.45) is 0. The maximum atomic E-state index is 5.67. The van der Waals surface area contributed by atoms with E-state index in [0.717, 1.165) is 30.2 Å². The van der Waals surface area contributed by atoms with Crippen LogP contribution in [0.4, 0.5) is 29.2 Å². The lowest BCUT2D eigenvalue weighted by molar-refractivity contribution is 0.122. The van der Waals surface area contributed by atoms with Crippen molar-refractivity contribution < 1.29 is 14.2 Å². The van der Waals surface area contributed by atoms with Crippen molar-refractivity contribution in [3.63, 3.8) is 0 Å². The third-order valence-corrected chi connectivity index (χ3v) is 4.75. The highest BCUT2D eigenvalue weighted by Crippen LogP contribution is 2.33. The van der Waals surface area contributed by atoms with Crippen molar-refractivity contribution >= 4 is 29.2 Å². The van der Waals surface area contributed by atoms with Crippen LogP contribution in [0.5, 0.6) is 11.5 Å². The molecule has 0 spiro atoms. The van der Waals surface area contributed by atoms with Crippen LogP contribution in [0.2, 0.25) is 0 Å². The zero-order chi connectivity index (χ0) is 20.2. The van der Waals surface area contributed by atoms with Crippen LogP contribution in [0, 0.1) is 0 Å². The molecule has 0 amide bonds. The molecule has 5 rings (SSSR count). The van der Waals surface area contributed by atoms with Crippen LogP contribution in [0.15, 0.2) is 48.5 Å². The van der Waals surface area contributed by atoms with E-state index >= 15 is 0 Å². The Bertz CT molecular complexity index is 1010. The van der Waals surface area contributed by atoms with Gasteiger partial charge in [-0.05, 0) is 24.3 Å². The van der Waals surface area contributed by atoms with Crippen molar-refractivity contribution in [3.8, 4) is 11.5 Å². The predicted octanol–water partition coefficient (Wildman–Crippen LogP) is 2.97. The first-order valence-electron chi connectivity index (χ1n) is 9.91. The van der Waals surface area contributed by atoms with Crippen LogP contribution in [-0.2, 0) is 4.74 Å². The van der Waals surface area contributed by atoms with Gasteiger partial charge in [0.1, 0.15) is 13.2 Å². The van der Waals surface area contributed by atoms with E-state index < -0.39 is 0 Å². The Kier molecular flexibility index (Phi) is 5.17. The molecular weight excluding hydrogens is 384 g/mol. The molecule has 0 aliphatic carbocycles. The number of hydrogen-bond acceptors (Lipinski definition) is 9. The molecule has 9 heteroatoms. The van der Waals surface area contributed by atoms with Crippen LogP contribution in [0.3, 0.4) is 0 Å². The maximum Gasteiger partial charge on any atom is 0.233 e. The molecule has 0 bridgehead atoms. The Balaban J connectivity index is 1.44. The maximum absolute atomic E-state index is 5.67. The number of para-hydroxylation sites is 1. The second-order valence-electron chi connectivity index (χ2n) is 6.86. The van der Waals surface area contributed by atoms with Gasteiger partial charge in [-0.2, -0.15) is 15.0 Å². The van der Waals surface area contributed by atoms with Crippen LogP contribution < -0.4 is 25.0 Å². The van der Waals surface area contributed by atoms with Crippen LogP contribution in [0.25, 0.3) is 0 Å². The Hall–Kier alpha value is -3.59. The van der Waals surface area contributed by atoms with Gasteiger partial charge in [0, 0.05) is 30.5 Å². The second-order valence-corrected chi connectivity index (χ2v) is 6.86. The lowest BCUT2D eigenvalue weighted by Gasteiger charge is -2.27. The van der Waals surface area contributed by atoms with Gasteiger partial charge in [0.05, 0.1) is 13.2 Å². The van der Waals surface area contributed by atoms with E-state index in [1.54, 1.807) is 0 Å². The van der Waals surface area contributed by atoms with E-state index in [4.69, 9.17) is 14.2 Å². The van der Waals surface area contributed by atoms with E-state index in [1.165, 1.54) is 0 Å². The first kappa shape index (κ1) is 18.4. The summed E-state index contributed by atoms with van der Waals surface area (Å²) in [6.45, 7) is 3.87. The van der Waals surface area contributed by atoms with Gasteiger partial charge >= 0.3 is 0 Å². The lowest BCUT2D eigenvalue weighted by Crippen LogP contribution is -2.37. The number of ether oxygens (including phenoxy) is 3. The summed E-state index contributed by atoms with van der Waals surface area (Å²) in [5, 5.41) is 6.52. The number of anilines is 5. The number of morpholine rings is 1. The summed E-state index contributed by atoms with van der Waals surface area (Å²) < 4.78 is 16.7. The summed E-state index contributed by atoms with van der Waals surface area (Å²) in [5.74, 6) is 2.96. The Morgan fingerprint density at radius 1 is 0.700 bits per heavy atom. The van der Waals surface area contributed by atoms with E-state index in [2.05, 4.69) is 30.5 Å². The normalized spacial score (nSPS) is 15.5. The highest BCUT2D eigenvalue weighted by Gasteiger charge is 2.18. The molecule has 0 radical (unpaired) electrons. The largest absolute Gasteiger partial charge is 0.486 e. The third-order valence-electron chi connectivity index (χ3n) is 4.75. The Morgan fingerprint density at radius 3 is 2.17 bits per heavy atom. The Labute approximate surface area is 174 Å². The number of rotatable bonds is 5. The highest BCUT2D eigenvalue weighted by atomic mass is 16.6. The van der Waals surface area contributed by atoms with Gasteiger partial charge in [0.25, 0.3) is 0 Å². The zero-order valence-electron chi connectivity index (χ0n) is 16.4. The topological polar surface area (TPSA) is 93.7 Å². The SMILES string of the molecule is c1ccc(Nc2nc(Nc3ccc4c(c3)OCCO4)nc(N3CCOCC3)n2)cc1. The van der Waals surface area contributed by atoms with E-state index in [-0.39, 0.29) is 0 Å². The standard InChI is InChI=1S/C21H22N6O3/c1-2-4-15(5-3-1)22-19-24-20(26-21(25-19)27-8-10-28-11-9-27)23-16-6-7-17-18(14-16)30-13-12-29-17/h1-7,14H,8-13H2,(H2,22,23,24,25,26). The highest BCUT2D eigenvalue weighted by molar-refractivity contribution is 5.62. The van der Waals surface area contributed by atoms with Crippen LogP contribution in [-0.4, -0.2) is 54.5 Å². The number of benzene rings is 2. The number of fused-ring (bicyclic) bond motifs is 1. The average molecular weight is 406 g/mol. The fourth-order valence-corrected chi connectivity index (χ4v) is 3.28. The molecule has 30 heavy (non-hydrogen) atoms. The third kappa shape index (κ3) is 4.20. The molecule has 9 nitrogen and oxygen atoms in total. The molecule has 154 valence electrons. The molecule has 0 saturated carbocycles. The number of aromatic nitrogens is 3. The van der Waals surface area contributed by atoms with Crippen molar-refractivity contribution in [2.24, 2.45) is 0 Å². The van der Waals surface area contributed by atoms with Gasteiger partial charge < -0.3 is 29.7 Å². The van der Waals surface area contributed by atoms with Crippen LogP contribution >= 0.6 is 0 Å². The zero-order valence-corrected chi connectivity index (χ0v) is 16.4. The smallest absolute Gasteiger partial charge is 0.233 e. The quantitative estimate of drug-likeness (QED) is 0.663. The van der Waals surface area contributed by atoms with Gasteiger partial charge in [0.15, 0.2) is 11.5 Å².